The number of pyridine rings is 1. The zero-order valence-corrected chi connectivity index (χ0v) is 17.9. The van der Waals surface area contributed by atoms with E-state index in [4.69, 9.17) is 18.6 Å². The van der Waals surface area contributed by atoms with E-state index in [1.54, 1.807) is 33.4 Å². The van der Waals surface area contributed by atoms with E-state index >= 15 is 0 Å². The highest BCUT2D eigenvalue weighted by atomic mass is 16.5. The zero-order chi connectivity index (χ0) is 22.0. The zero-order valence-electron chi connectivity index (χ0n) is 17.9. The molecule has 31 heavy (non-hydrogen) atoms. The summed E-state index contributed by atoms with van der Waals surface area (Å²) in [7, 11) is 3.22. The lowest BCUT2D eigenvalue weighted by Gasteiger charge is -2.12. The lowest BCUT2D eigenvalue weighted by atomic mass is 10.1. The summed E-state index contributed by atoms with van der Waals surface area (Å²) in [4.78, 5) is 17.1. The molecule has 0 bridgehead atoms. The number of rotatable bonds is 7. The van der Waals surface area contributed by atoms with Gasteiger partial charge in [0.05, 0.1) is 24.8 Å². The number of aryl methyl sites for hydroxylation is 1. The predicted octanol–water partition coefficient (Wildman–Crippen LogP) is 4.86. The number of hydrogen-bond donors (Lipinski definition) is 1. The molecule has 0 aliphatic carbocycles. The first-order chi connectivity index (χ1) is 15.0. The molecule has 0 radical (unpaired) electrons. The monoisotopic (exact) mass is 420 g/mol. The Morgan fingerprint density at radius 3 is 2.65 bits per heavy atom. The Morgan fingerprint density at radius 2 is 1.87 bits per heavy atom. The van der Waals surface area contributed by atoms with Gasteiger partial charge < -0.3 is 23.9 Å². The van der Waals surface area contributed by atoms with Crippen molar-refractivity contribution in [3.8, 4) is 17.2 Å². The van der Waals surface area contributed by atoms with E-state index in [0.29, 0.717) is 35.0 Å². The SMILES string of the molecule is COCC(C)NC(=O)c1c(C)oc2cc(Oc3ccnc4cc(OC)ccc34)ccc12. The Hall–Kier alpha value is -3.58. The fourth-order valence-corrected chi connectivity index (χ4v) is 3.58. The normalized spacial score (nSPS) is 12.1. The summed E-state index contributed by atoms with van der Waals surface area (Å²) in [5.74, 6) is 2.36. The van der Waals surface area contributed by atoms with Crippen LogP contribution in [-0.2, 0) is 4.74 Å². The van der Waals surface area contributed by atoms with Crippen LogP contribution in [0.4, 0.5) is 0 Å². The van der Waals surface area contributed by atoms with Gasteiger partial charge in [-0.25, -0.2) is 0 Å². The fourth-order valence-electron chi connectivity index (χ4n) is 3.58. The summed E-state index contributed by atoms with van der Waals surface area (Å²) in [6.07, 6.45) is 1.69. The largest absolute Gasteiger partial charge is 0.497 e. The Balaban J connectivity index is 1.64. The standard InChI is InChI=1S/C24H24N2O5/c1-14(13-28-3)26-24(27)23-15(2)30-22-12-17(6-8-19(22)23)31-21-9-10-25-20-11-16(29-4)5-7-18(20)21/h5-12,14H,13H2,1-4H3,(H,26,27). The van der Waals surface area contributed by atoms with Gasteiger partial charge >= 0.3 is 0 Å². The molecule has 1 atom stereocenters. The molecular formula is C24H24N2O5. The van der Waals surface area contributed by atoms with Crippen LogP contribution in [0.15, 0.2) is 53.1 Å². The van der Waals surface area contributed by atoms with Gasteiger partial charge in [-0.3, -0.25) is 9.78 Å². The molecule has 1 N–H and O–H groups in total. The van der Waals surface area contributed by atoms with E-state index in [2.05, 4.69) is 10.3 Å². The minimum atomic E-state index is -0.191. The molecule has 7 heteroatoms. The number of aromatic nitrogens is 1. The van der Waals surface area contributed by atoms with E-state index in [1.165, 1.54) is 0 Å². The van der Waals surface area contributed by atoms with Crippen LogP contribution in [0.5, 0.6) is 17.2 Å². The van der Waals surface area contributed by atoms with Crippen molar-refractivity contribution in [2.24, 2.45) is 0 Å². The number of hydrogen-bond acceptors (Lipinski definition) is 6. The van der Waals surface area contributed by atoms with E-state index in [1.807, 2.05) is 43.3 Å². The van der Waals surface area contributed by atoms with Crippen LogP contribution in [-0.4, -0.2) is 37.8 Å². The van der Waals surface area contributed by atoms with Gasteiger partial charge in [-0.1, -0.05) is 0 Å². The number of ether oxygens (including phenoxy) is 3. The van der Waals surface area contributed by atoms with Gasteiger partial charge in [-0.15, -0.1) is 0 Å². The van der Waals surface area contributed by atoms with Crippen LogP contribution in [0.1, 0.15) is 23.0 Å². The van der Waals surface area contributed by atoms with Gasteiger partial charge in [0.1, 0.15) is 28.6 Å². The maximum absolute atomic E-state index is 12.7. The molecule has 0 aliphatic heterocycles. The van der Waals surface area contributed by atoms with E-state index in [9.17, 15) is 4.79 Å². The highest BCUT2D eigenvalue weighted by Gasteiger charge is 2.20. The number of methoxy groups -OCH3 is 2. The molecule has 160 valence electrons. The molecule has 2 aromatic carbocycles. The summed E-state index contributed by atoms with van der Waals surface area (Å²) in [5, 5.41) is 4.53. The molecule has 4 aromatic rings. The second kappa shape index (κ2) is 8.65. The van der Waals surface area contributed by atoms with Gasteiger partial charge in [0.25, 0.3) is 5.91 Å². The van der Waals surface area contributed by atoms with Crippen LogP contribution < -0.4 is 14.8 Å². The summed E-state index contributed by atoms with van der Waals surface area (Å²) < 4.78 is 22.3. The number of benzene rings is 2. The number of carbonyl (C=O) groups excluding carboxylic acids is 1. The molecule has 0 saturated heterocycles. The van der Waals surface area contributed by atoms with Crippen LogP contribution in [0.3, 0.4) is 0 Å². The smallest absolute Gasteiger partial charge is 0.255 e. The molecule has 7 nitrogen and oxygen atoms in total. The lowest BCUT2D eigenvalue weighted by Crippen LogP contribution is -2.35. The molecule has 0 saturated carbocycles. The second-order valence-electron chi connectivity index (χ2n) is 7.32. The Morgan fingerprint density at radius 1 is 1.10 bits per heavy atom. The van der Waals surface area contributed by atoms with Gasteiger partial charge in [0, 0.05) is 42.3 Å². The van der Waals surface area contributed by atoms with Crippen molar-refractivity contribution < 1.29 is 23.4 Å². The van der Waals surface area contributed by atoms with Crippen LogP contribution >= 0.6 is 0 Å². The average molecular weight is 420 g/mol. The van der Waals surface area contributed by atoms with Crippen LogP contribution in [0.25, 0.3) is 21.9 Å². The first kappa shape index (κ1) is 20.7. The summed E-state index contributed by atoms with van der Waals surface area (Å²) in [5.41, 5.74) is 1.88. The molecule has 0 spiro atoms. The average Bonchev–Trinajstić information content (AvgIpc) is 3.08. The second-order valence-corrected chi connectivity index (χ2v) is 7.32. The van der Waals surface area contributed by atoms with Crippen molar-refractivity contribution in [2.75, 3.05) is 20.8 Å². The molecule has 2 heterocycles. The number of nitrogens with zero attached hydrogens (tertiary/aromatic N) is 1. The molecule has 1 amide bonds. The molecule has 0 aliphatic rings. The maximum Gasteiger partial charge on any atom is 0.255 e. The Labute approximate surface area is 179 Å². The molecule has 2 aromatic heterocycles. The van der Waals surface area contributed by atoms with E-state index < -0.39 is 0 Å². The highest BCUT2D eigenvalue weighted by molar-refractivity contribution is 6.07. The maximum atomic E-state index is 12.7. The van der Waals surface area contributed by atoms with Gasteiger partial charge in [0.15, 0.2) is 0 Å². The molecule has 4 rings (SSSR count). The van der Waals surface area contributed by atoms with Crippen LogP contribution in [0.2, 0.25) is 0 Å². The minimum absolute atomic E-state index is 0.108. The summed E-state index contributed by atoms with van der Waals surface area (Å²) >= 11 is 0. The van der Waals surface area contributed by atoms with Crippen molar-refractivity contribution in [2.45, 2.75) is 19.9 Å². The third-order valence-electron chi connectivity index (χ3n) is 5.00. The van der Waals surface area contributed by atoms with Crippen molar-refractivity contribution in [3.63, 3.8) is 0 Å². The molecule has 0 fully saturated rings. The van der Waals surface area contributed by atoms with Crippen LogP contribution in [0, 0.1) is 6.92 Å². The van der Waals surface area contributed by atoms with Crippen molar-refractivity contribution in [1.82, 2.24) is 10.3 Å². The van der Waals surface area contributed by atoms with Crippen molar-refractivity contribution in [3.05, 3.63) is 60.0 Å². The Bertz CT molecular complexity index is 1250. The molecule has 1 unspecified atom stereocenters. The topological polar surface area (TPSA) is 82.8 Å². The lowest BCUT2D eigenvalue weighted by molar-refractivity contribution is 0.0905. The number of nitrogens with one attached hydrogen (secondary N) is 1. The Kier molecular flexibility index (Phi) is 5.77. The predicted molar refractivity (Wildman–Crippen MR) is 118 cm³/mol. The number of carbonyl (C=O) groups is 1. The van der Waals surface area contributed by atoms with E-state index in [-0.39, 0.29) is 11.9 Å². The number of fused-ring (bicyclic) bond motifs is 2. The third kappa shape index (κ3) is 4.18. The number of furan rings is 1. The quantitative estimate of drug-likeness (QED) is 0.460. The fraction of sp³-hybridized carbons (Fsp3) is 0.250. The third-order valence-corrected chi connectivity index (χ3v) is 5.00. The minimum Gasteiger partial charge on any atom is -0.497 e. The first-order valence-electron chi connectivity index (χ1n) is 9.93. The van der Waals surface area contributed by atoms with Crippen molar-refractivity contribution >= 4 is 27.8 Å². The molecular weight excluding hydrogens is 396 g/mol. The van der Waals surface area contributed by atoms with Crippen molar-refractivity contribution in [1.29, 1.82) is 0 Å². The van der Waals surface area contributed by atoms with E-state index in [0.717, 1.165) is 22.0 Å². The highest BCUT2D eigenvalue weighted by Crippen LogP contribution is 2.34. The summed E-state index contributed by atoms with van der Waals surface area (Å²) in [6, 6.07) is 12.8. The first-order valence-corrected chi connectivity index (χ1v) is 9.93. The van der Waals surface area contributed by atoms with Gasteiger partial charge in [0.2, 0.25) is 0 Å². The number of amides is 1. The van der Waals surface area contributed by atoms with Gasteiger partial charge in [-0.2, -0.15) is 0 Å². The van der Waals surface area contributed by atoms with Gasteiger partial charge in [-0.05, 0) is 44.2 Å². The summed E-state index contributed by atoms with van der Waals surface area (Å²) in [6.45, 7) is 4.10.